The van der Waals surface area contributed by atoms with Crippen molar-refractivity contribution in [3.8, 4) is 0 Å². The van der Waals surface area contributed by atoms with Crippen molar-refractivity contribution in [2.75, 3.05) is 6.61 Å². The molecule has 0 aromatic heterocycles. The van der Waals surface area contributed by atoms with E-state index in [1.807, 2.05) is 6.08 Å². The zero-order chi connectivity index (χ0) is 14.0. The summed E-state index contributed by atoms with van der Waals surface area (Å²) >= 11 is 0. The molecule has 0 amide bonds. The second-order valence-electron chi connectivity index (χ2n) is 5.31. The maximum atomic E-state index is 8.60. The second kappa shape index (κ2) is 17.4. The molecule has 0 rings (SSSR count). The van der Waals surface area contributed by atoms with Gasteiger partial charge in [0, 0.05) is 6.61 Å². The summed E-state index contributed by atoms with van der Waals surface area (Å²) in [7, 11) is 0. The first kappa shape index (κ1) is 18.4. The van der Waals surface area contributed by atoms with Crippen LogP contribution in [0.4, 0.5) is 0 Å². The Labute approximate surface area is 120 Å². The number of allylic oxidation sites excluding steroid dienone is 3. The molecule has 0 radical (unpaired) electrons. The first-order valence-electron chi connectivity index (χ1n) is 8.32. The van der Waals surface area contributed by atoms with Crippen molar-refractivity contribution in [2.24, 2.45) is 0 Å². The first-order chi connectivity index (χ1) is 9.41. The van der Waals surface area contributed by atoms with E-state index in [0.29, 0.717) is 0 Å². The predicted octanol–water partition coefficient (Wildman–Crippen LogP) is 5.79. The van der Waals surface area contributed by atoms with Crippen molar-refractivity contribution in [2.45, 2.75) is 84.0 Å². The Bertz CT molecular complexity index is 206. The Morgan fingerprint density at radius 1 is 0.632 bits per heavy atom. The van der Waals surface area contributed by atoms with E-state index in [1.54, 1.807) is 0 Å². The first-order valence-corrected chi connectivity index (χ1v) is 8.32. The zero-order valence-electron chi connectivity index (χ0n) is 12.9. The van der Waals surface area contributed by atoms with E-state index < -0.39 is 0 Å². The Balaban J connectivity index is 3.07. The molecule has 112 valence electrons. The molecule has 0 heterocycles. The molecule has 0 spiro atoms. The zero-order valence-corrected chi connectivity index (χ0v) is 12.9. The number of aliphatic hydroxyl groups excluding tert-OH is 1. The third-order valence-electron chi connectivity index (χ3n) is 3.38. The molecule has 1 N–H and O–H groups in total. The lowest BCUT2D eigenvalue weighted by molar-refractivity contribution is 0.302. The molecule has 0 saturated carbocycles. The number of unbranched alkanes of at least 4 members (excludes halogenated alkanes) is 9. The van der Waals surface area contributed by atoms with Gasteiger partial charge in [0.2, 0.25) is 0 Å². The molecule has 1 nitrogen and oxygen atoms in total. The summed E-state index contributed by atoms with van der Waals surface area (Å²) in [6.45, 7) is 2.54. The van der Waals surface area contributed by atoms with Crippen molar-refractivity contribution in [3.05, 3.63) is 24.3 Å². The topological polar surface area (TPSA) is 20.2 Å². The summed E-state index contributed by atoms with van der Waals surface area (Å²) in [6, 6.07) is 0. The van der Waals surface area contributed by atoms with E-state index in [0.717, 1.165) is 12.8 Å². The number of hydrogen-bond donors (Lipinski definition) is 1. The fraction of sp³-hybridized carbons (Fsp3) is 0.778. The van der Waals surface area contributed by atoms with Crippen LogP contribution >= 0.6 is 0 Å². The minimum Gasteiger partial charge on any atom is -0.396 e. The molecule has 0 unspecified atom stereocenters. The SMILES string of the molecule is CCCCCCCCCCC/C=C\C/C=C\CCO. The summed E-state index contributed by atoms with van der Waals surface area (Å²) in [6.07, 6.45) is 24.4. The molecule has 19 heavy (non-hydrogen) atoms. The van der Waals surface area contributed by atoms with E-state index in [9.17, 15) is 0 Å². The Morgan fingerprint density at radius 2 is 1.16 bits per heavy atom. The van der Waals surface area contributed by atoms with Crippen LogP contribution in [-0.4, -0.2) is 11.7 Å². The maximum absolute atomic E-state index is 8.60. The Hall–Kier alpha value is -0.560. The van der Waals surface area contributed by atoms with Crippen LogP contribution in [0, 0.1) is 0 Å². The summed E-state index contributed by atoms with van der Waals surface area (Å²) in [5.74, 6) is 0. The normalized spacial score (nSPS) is 11.9. The molecule has 0 saturated heterocycles. The van der Waals surface area contributed by atoms with E-state index >= 15 is 0 Å². The largest absolute Gasteiger partial charge is 0.396 e. The van der Waals surface area contributed by atoms with E-state index in [4.69, 9.17) is 5.11 Å². The molecule has 0 atom stereocenters. The highest BCUT2D eigenvalue weighted by atomic mass is 16.2. The average molecular weight is 266 g/mol. The van der Waals surface area contributed by atoms with Gasteiger partial charge in [-0.05, 0) is 25.7 Å². The van der Waals surface area contributed by atoms with Gasteiger partial charge in [0.25, 0.3) is 0 Å². The molecule has 0 aliphatic rings. The Kier molecular flexibility index (Phi) is 16.9. The standard InChI is InChI=1S/C18H34O/c1-2-3-4-5-6-7-8-9-10-11-12-13-14-15-16-17-18-19/h12-13,15-16,19H,2-11,14,17-18H2,1H3/b13-12-,16-15-. The van der Waals surface area contributed by atoms with Gasteiger partial charge in [-0.2, -0.15) is 0 Å². The highest BCUT2D eigenvalue weighted by molar-refractivity contribution is 4.92. The van der Waals surface area contributed by atoms with Gasteiger partial charge < -0.3 is 5.11 Å². The van der Waals surface area contributed by atoms with Crippen LogP contribution in [0.2, 0.25) is 0 Å². The molecule has 0 aromatic rings. The number of hydrogen-bond acceptors (Lipinski definition) is 1. The van der Waals surface area contributed by atoms with Gasteiger partial charge in [0.1, 0.15) is 0 Å². The van der Waals surface area contributed by atoms with Crippen LogP contribution in [0.5, 0.6) is 0 Å². The second-order valence-corrected chi connectivity index (χ2v) is 5.31. The Morgan fingerprint density at radius 3 is 1.74 bits per heavy atom. The van der Waals surface area contributed by atoms with Crippen LogP contribution in [0.1, 0.15) is 84.0 Å². The molecule has 0 aliphatic carbocycles. The van der Waals surface area contributed by atoms with E-state index in [-0.39, 0.29) is 6.61 Å². The van der Waals surface area contributed by atoms with Gasteiger partial charge in [-0.1, -0.05) is 82.6 Å². The van der Waals surface area contributed by atoms with Gasteiger partial charge in [-0.15, -0.1) is 0 Å². The monoisotopic (exact) mass is 266 g/mol. The smallest absolute Gasteiger partial charge is 0.0465 e. The van der Waals surface area contributed by atoms with Gasteiger partial charge in [-0.25, -0.2) is 0 Å². The highest BCUT2D eigenvalue weighted by Crippen LogP contribution is 2.10. The van der Waals surface area contributed by atoms with Crippen molar-refractivity contribution >= 4 is 0 Å². The van der Waals surface area contributed by atoms with Gasteiger partial charge >= 0.3 is 0 Å². The third kappa shape index (κ3) is 17.4. The van der Waals surface area contributed by atoms with Crippen LogP contribution in [0.25, 0.3) is 0 Å². The molecule has 0 fully saturated rings. The minimum absolute atomic E-state index is 0.263. The summed E-state index contributed by atoms with van der Waals surface area (Å²) in [5, 5.41) is 8.60. The fourth-order valence-electron chi connectivity index (χ4n) is 2.15. The number of rotatable bonds is 14. The molecule has 0 bridgehead atoms. The van der Waals surface area contributed by atoms with Crippen molar-refractivity contribution in [1.82, 2.24) is 0 Å². The highest BCUT2D eigenvalue weighted by Gasteiger charge is 1.90. The molecular formula is C18H34O. The molecule has 1 heteroatoms. The predicted molar refractivity (Wildman–Crippen MR) is 86.4 cm³/mol. The van der Waals surface area contributed by atoms with Crippen molar-refractivity contribution in [1.29, 1.82) is 0 Å². The lowest BCUT2D eigenvalue weighted by Crippen LogP contribution is -1.80. The lowest BCUT2D eigenvalue weighted by atomic mass is 10.1. The molecule has 0 aliphatic heterocycles. The maximum Gasteiger partial charge on any atom is 0.0465 e. The van der Waals surface area contributed by atoms with Crippen LogP contribution in [-0.2, 0) is 0 Å². The van der Waals surface area contributed by atoms with E-state index in [2.05, 4.69) is 25.2 Å². The van der Waals surface area contributed by atoms with Gasteiger partial charge in [-0.3, -0.25) is 0 Å². The van der Waals surface area contributed by atoms with Gasteiger partial charge in [0.15, 0.2) is 0 Å². The van der Waals surface area contributed by atoms with Crippen LogP contribution in [0.15, 0.2) is 24.3 Å². The fourth-order valence-corrected chi connectivity index (χ4v) is 2.15. The molecular weight excluding hydrogens is 232 g/mol. The molecule has 0 aromatic carbocycles. The minimum atomic E-state index is 0.263. The van der Waals surface area contributed by atoms with Crippen molar-refractivity contribution < 1.29 is 5.11 Å². The quantitative estimate of drug-likeness (QED) is 0.311. The van der Waals surface area contributed by atoms with Crippen LogP contribution < -0.4 is 0 Å². The lowest BCUT2D eigenvalue weighted by Gasteiger charge is -2.00. The summed E-state index contributed by atoms with van der Waals surface area (Å²) in [5.41, 5.74) is 0. The van der Waals surface area contributed by atoms with E-state index in [1.165, 1.54) is 64.2 Å². The third-order valence-corrected chi connectivity index (χ3v) is 3.38. The van der Waals surface area contributed by atoms with Crippen LogP contribution in [0.3, 0.4) is 0 Å². The summed E-state index contributed by atoms with van der Waals surface area (Å²) < 4.78 is 0. The number of aliphatic hydroxyl groups is 1. The van der Waals surface area contributed by atoms with Crippen molar-refractivity contribution in [3.63, 3.8) is 0 Å². The average Bonchev–Trinajstić information content (AvgIpc) is 2.43. The summed E-state index contributed by atoms with van der Waals surface area (Å²) in [4.78, 5) is 0. The van der Waals surface area contributed by atoms with Gasteiger partial charge in [0.05, 0.1) is 0 Å².